The van der Waals surface area contributed by atoms with E-state index in [0.717, 1.165) is 28.0 Å². The van der Waals surface area contributed by atoms with Gasteiger partial charge < -0.3 is 9.88 Å². The van der Waals surface area contributed by atoms with Crippen LogP contribution >= 0.6 is 0 Å². The van der Waals surface area contributed by atoms with Gasteiger partial charge in [-0.05, 0) is 48.2 Å². The van der Waals surface area contributed by atoms with Crippen LogP contribution in [0.4, 0.5) is 0 Å². The van der Waals surface area contributed by atoms with Crippen LogP contribution in [-0.4, -0.2) is 25.2 Å². The number of nitrogens with one attached hydrogen (secondary N) is 1. The van der Waals surface area contributed by atoms with Gasteiger partial charge in [-0.3, -0.25) is 4.79 Å². The molecule has 1 aromatic carbocycles. The molecular weight excluding hydrogens is 326 g/mol. The maximum Gasteiger partial charge on any atom is 0.240 e. The fraction of sp³-hybridized carbons (Fsp3) is 0.150. The van der Waals surface area contributed by atoms with Gasteiger partial charge in [0.2, 0.25) is 5.91 Å². The molecule has 0 aliphatic carbocycles. The predicted octanol–water partition coefficient (Wildman–Crippen LogP) is 2.85. The molecule has 0 atom stereocenters. The fourth-order valence-electron chi connectivity index (χ4n) is 3.06. The highest BCUT2D eigenvalue weighted by atomic mass is 16.1. The minimum absolute atomic E-state index is 0.0214. The second kappa shape index (κ2) is 6.84. The molecule has 0 bridgehead atoms. The molecule has 130 valence electrons. The highest BCUT2D eigenvalue weighted by molar-refractivity contribution is 5.84. The number of amides is 1. The maximum absolute atomic E-state index is 12.4. The first-order valence-electron chi connectivity index (χ1n) is 8.47. The average Bonchev–Trinajstić information content (AvgIpc) is 3.29. The number of fused-ring (bicyclic) bond motifs is 1. The number of hydrogen-bond donors (Lipinski definition) is 1. The summed E-state index contributed by atoms with van der Waals surface area (Å²) < 4.78 is 3.73. The Bertz CT molecular complexity index is 1050. The van der Waals surface area contributed by atoms with Crippen LogP contribution in [0.5, 0.6) is 0 Å². The van der Waals surface area contributed by atoms with Crippen LogP contribution in [-0.2, 0) is 17.9 Å². The largest absolute Gasteiger partial charge is 0.350 e. The number of para-hydroxylation sites is 1. The van der Waals surface area contributed by atoms with Crippen molar-refractivity contribution in [3.63, 3.8) is 0 Å². The number of carbonyl (C=O) groups is 1. The van der Waals surface area contributed by atoms with Gasteiger partial charge in [0.1, 0.15) is 6.54 Å². The van der Waals surface area contributed by atoms with Gasteiger partial charge >= 0.3 is 0 Å². The molecule has 0 aliphatic rings. The normalized spacial score (nSPS) is 11.0. The first-order valence-corrected chi connectivity index (χ1v) is 8.47. The lowest BCUT2D eigenvalue weighted by molar-refractivity contribution is -0.121. The zero-order chi connectivity index (χ0) is 17.9. The zero-order valence-electron chi connectivity index (χ0n) is 14.5. The summed E-state index contributed by atoms with van der Waals surface area (Å²) in [6.07, 6.45) is 5.27. The Morgan fingerprint density at radius 1 is 1.12 bits per heavy atom. The average molecular weight is 345 g/mol. The first-order chi connectivity index (χ1) is 12.7. The number of aromatic nitrogens is 4. The van der Waals surface area contributed by atoms with Crippen LogP contribution in [0.3, 0.4) is 0 Å². The summed E-state index contributed by atoms with van der Waals surface area (Å²) in [4.78, 5) is 16.7. The van der Waals surface area contributed by atoms with Crippen molar-refractivity contribution in [2.75, 3.05) is 0 Å². The first kappa shape index (κ1) is 16.1. The molecule has 0 aliphatic heterocycles. The van der Waals surface area contributed by atoms with Crippen LogP contribution in [0.15, 0.2) is 67.1 Å². The van der Waals surface area contributed by atoms with Crippen molar-refractivity contribution < 1.29 is 4.79 Å². The molecule has 0 unspecified atom stereocenters. The van der Waals surface area contributed by atoms with E-state index >= 15 is 0 Å². The molecule has 4 aromatic rings. The van der Waals surface area contributed by atoms with Crippen molar-refractivity contribution in [1.82, 2.24) is 24.6 Å². The SMILES string of the molecule is Cc1cc2ccccc2n1CC(=O)NCc1ccnc(-n2cccn2)c1. The summed E-state index contributed by atoms with van der Waals surface area (Å²) in [6, 6.07) is 15.9. The molecule has 26 heavy (non-hydrogen) atoms. The van der Waals surface area contributed by atoms with E-state index < -0.39 is 0 Å². The molecule has 3 aromatic heterocycles. The lowest BCUT2D eigenvalue weighted by atomic mass is 10.2. The summed E-state index contributed by atoms with van der Waals surface area (Å²) >= 11 is 0. The van der Waals surface area contributed by atoms with Gasteiger partial charge in [0, 0.05) is 36.3 Å². The van der Waals surface area contributed by atoms with E-state index in [1.54, 1.807) is 17.1 Å². The summed E-state index contributed by atoms with van der Waals surface area (Å²) in [7, 11) is 0. The van der Waals surface area contributed by atoms with E-state index in [0.29, 0.717) is 13.1 Å². The molecule has 1 amide bonds. The monoisotopic (exact) mass is 345 g/mol. The summed E-state index contributed by atoms with van der Waals surface area (Å²) in [5.41, 5.74) is 3.13. The number of benzene rings is 1. The lowest BCUT2D eigenvalue weighted by Crippen LogP contribution is -2.27. The Labute approximate surface area is 151 Å². The van der Waals surface area contributed by atoms with Crippen LogP contribution in [0.1, 0.15) is 11.3 Å². The van der Waals surface area contributed by atoms with Crippen molar-refractivity contribution in [3.05, 3.63) is 78.4 Å². The Hall–Kier alpha value is -3.41. The van der Waals surface area contributed by atoms with Crippen LogP contribution in [0, 0.1) is 6.92 Å². The van der Waals surface area contributed by atoms with Crippen LogP contribution in [0.25, 0.3) is 16.7 Å². The molecule has 0 saturated heterocycles. The minimum Gasteiger partial charge on any atom is -0.350 e. The third-order valence-corrected chi connectivity index (χ3v) is 4.36. The number of hydrogen-bond acceptors (Lipinski definition) is 3. The highest BCUT2D eigenvalue weighted by Crippen LogP contribution is 2.18. The van der Waals surface area contributed by atoms with Crippen molar-refractivity contribution >= 4 is 16.8 Å². The quantitative estimate of drug-likeness (QED) is 0.605. The molecule has 4 rings (SSSR count). The Balaban J connectivity index is 1.44. The van der Waals surface area contributed by atoms with E-state index in [2.05, 4.69) is 27.5 Å². The Morgan fingerprint density at radius 3 is 2.85 bits per heavy atom. The molecule has 6 nitrogen and oxygen atoms in total. The summed E-state index contributed by atoms with van der Waals surface area (Å²) in [5, 5.41) is 8.31. The highest BCUT2D eigenvalue weighted by Gasteiger charge is 2.09. The number of carbonyl (C=O) groups excluding carboxylic acids is 1. The van der Waals surface area contributed by atoms with Crippen molar-refractivity contribution in [1.29, 1.82) is 0 Å². The van der Waals surface area contributed by atoms with Gasteiger partial charge in [-0.15, -0.1) is 0 Å². The Kier molecular flexibility index (Phi) is 4.23. The van der Waals surface area contributed by atoms with Crippen molar-refractivity contribution in [3.8, 4) is 5.82 Å². The van der Waals surface area contributed by atoms with E-state index in [-0.39, 0.29) is 5.91 Å². The van der Waals surface area contributed by atoms with Gasteiger partial charge in [0.15, 0.2) is 5.82 Å². The third kappa shape index (κ3) is 3.21. The van der Waals surface area contributed by atoms with Gasteiger partial charge in [-0.1, -0.05) is 18.2 Å². The van der Waals surface area contributed by atoms with Gasteiger partial charge in [-0.2, -0.15) is 5.10 Å². The number of rotatable bonds is 5. The van der Waals surface area contributed by atoms with E-state index in [1.807, 2.05) is 54.1 Å². The maximum atomic E-state index is 12.4. The predicted molar refractivity (Wildman–Crippen MR) is 99.9 cm³/mol. The molecule has 3 heterocycles. The van der Waals surface area contributed by atoms with Gasteiger partial charge in [0.25, 0.3) is 0 Å². The molecule has 0 radical (unpaired) electrons. The number of nitrogens with zero attached hydrogens (tertiary/aromatic N) is 4. The molecule has 0 spiro atoms. The molecule has 1 N–H and O–H groups in total. The third-order valence-electron chi connectivity index (χ3n) is 4.36. The number of pyridine rings is 1. The standard InChI is InChI=1S/C20H19N5O/c1-15-11-17-5-2-3-6-18(17)24(15)14-20(26)22-13-16-7-9-21-19(12-16)25-10-4-8-23-25/h2-12H,13-14H2,1H3,(H,22,26). The second-order valence-electron chi connectivity index (χ2n) is 6.18. The molecule has 6 heteroatoms. The topological polar surface area (TPSA) is 64.7 Å². The summed E-state index contributed by atoms with van der Waals surface area (Å²) in [6.45, 7) is 2.77. The van der Waals surface area contributed by atoms with Gasteiger partial charge in [-0.25, -0.2) is 9.67 Å². The van der Waals surface area contributed by atoms with Crippen LogP contribution < -0.4 is 5.32 Å². The van der Waals surface area contributed by atoms with Crippen molar-refractivity contribution in [2.45, 2.75) is 20.0 Å². The van der Waals surface area contributed by atoms with E-state index in [9.17, 15) is 4.79 Å². The zero-order valence-corrected chi connectivity index (χ0v) is 14.5. The number of aryl methyl sites for hydroxylation is 1. The molecular formula is C20H19N5O. The smallest absolute Gasteiger partial charge is 0.240 e. The Morgan fingerprint density at radius 2 is 2.00 bits per heavy atom. The molecule has 0 fully saturated rings. The van der Waals surface area contributed by atoms with Gasteiger partial charge in [0.05, 0.1) is 0 Å². The summed E-state index contributed by atoms with van der Waals surface area (Å²) in [5.74, 6) is 0.709. The fourth-order valence-corrected chi connectivity index (χ4v) is 3.06. The molecule has 0 saturated carbocycles. The van der Waals surface area contributed by atoms with Crippen molar-refractivity contribution in [2.24, 2.45) is 0 Å². The lowest BCUT2D eigenvalue weighted by Gasteiger charge is -2.10. The van der Waals surface area contributed by atoms with E-state index in [1.165, 1.54) is 0 Å². The van der Waals surface area contributed by atoms with E-state index in [4.69, 9.17) is 0 Å². The van der Waals surface area contributed by atoms with Crippen LogP contribution in [0.2, 0.25) is 0 Å². The second-order valence-corrected chi connectivity index (χ2v) is 6.18. The minimum atomic E-state index is -0.0214.